The molecule has 26 heteroatoms. The molecular formula is C79H117N11O13S2. The lowest BCUT2D eigenvalue weighted by atomic mass is 9.89. The molecule has 1 aliphatic carbocycles. The quantitative estimate of drug-likeness (QED) is 0.0138. The first kappa shape index (κ1) is 85.2. The third kappa shape index (κ3) is 26.4. The molecule has 2 bridgehead atoms. The molecule has 3 aliphatic rings. The second-order valence-corrected chi connectivity index (χ2v) is 31.6. The summed E-state index contributed by atoms with van der Waals surface area (Å²) in [5, 5.41) is 15.9. The standard InChI is InChI=1S/C79H117N11O13S2/c1-14-52(6)73(89(11)79(98)71(50(2)3)86-78(97)72(51(4)5)88(9)10)67(99-12)46-70(93)90-38-22-27-66(90)74(100-13)53(7)75(94)83-59(43-55-23-18-17-19-24-55)33-35-69(92)87-103-47-56-28-31-58(32-29-56)82-76(95)54(8)81-68(91)36-39-101-41-42-102-40-37-80-77(96)57-30-34-62-63(44-57)85-65-49-105-61-26-21-16-15-20-25-60(45-61)104-48-64(65)84-62/h17-19,23-24,28-35,44,50-54,59-61,66-67,71-74H,14-16,20-22,25-27,36-43,45-49H2,1-13H3,(H,80,96)(H,81,91)(H,82,95)(H,83,94)(H,86,97)(H,87,92)/b35-33+/t52-,53+,54-,59+,60?,61?,66-,67+,71-,72-,73-,74+/m0/s1. The van der Waals surface area contributed by atoms with Gasteiger partial charge in [0, 0.05) is 80.1 Å². The fourth-order valence-electron chi connectivity index (χ4n) is 14.2. The summed E-state index contributed by atoms with van der Waals surface area (Å²) in [6.45, 7) is 16.8. The number of amides is 8. The third-order valence-corrected chi connectivity index (χ3v) is 22.8. The van der Waals surface area contributed by atoms with Crippen molar-refractivity contribution >= 4 is 87.5 Å². The summed E-state index contributed by atoms with van der Waals surface area (Å²) >= 11 is 4.05. The highest BCUT2D eigenvalue weighted by Crippen LogP contribution is 2.38. The van der Waals surface area contributed by atoms with Crippen LogP contribution < -0.4 is 32.1 Å². The lowest BCUT2D eigenvalue weighted by Gasteiger charge is -2.41. The lowest BCUT2D eigenvalue weighted by Crippen LogP contribution is -2.59. The summed E-state index contributed by atoms with van der Waals surface area (Å²) in [6.07, 6.45) is 12.9. The number of hydroxylamine groups is 1. The highest BCUT2D eigenvalue weighted by molar-refractivity contribution is 8.00. The minimum absolute atomic E-state index is 0.00515. The zero-order valence-electron chi connectivity index (χ0n) is 64.1. The molecule has 0 radical (unpaired) electrons. The molecule has 2 fully saturated rings. The summed E-state index contributed by atoms with van der Waals surface area (Å²) in [5.74, 6) is -1.92. The number of nitrogens with zero attached hydrogens (tertiary/aromatic N) is 5. The monoisotopic (exact) mass is 1490 g/mol. The van der Waals surface area contributed by atoms with E-state index in [1.54, 1.807) is 74.2 Å². The normalized spacial score (nSPS) is 19.0. The predicted octanol–water partition coefficient (Wildman–Crippen LogP) is 9.37. The van der Waals surface area contributed by atoms with Gasteiger partial charge in [0.05, 0.1) is 104 Å². The van der Waals surface area contributed by atoms with Crippen LogP contribution in [0.25, 0.3) is 11.0 Å². The maximum absolute atomic E-state index is 14.6. The maximum atomic E-state index is 14.6. The van der Waals surface area contributed by atoms with Gasteiger partial charge in [-0.1, -0.05) is 129 Å². The lowest BCUT2D eigenvalue weighted by molar-refractivity contribution is -0.148. The number of likely N-dealkylation sites (N-methyl/N-ethyl adjacent to an activating group) is 2. The van der Waals surface area contributed by atoms with E-state index >= 15 is 0 Å². The Morgan fingerprint density at radius 1 is 0.695 bits per heavy atom. The molecule has 12 atom stereocenters. The number of hydrogen-bond acceptors (Lipinski definition) is 18. The van der Waals surface area contributed by atoms with Gasteiger partial charge in [0.2, 0.25) is 35.4 Å². The van der Waals surface area contributed by atoms with Crippen molar-refractivity contribution in [3.05, 3.63) is 113 Å². The van der Waals surface area contributed by atoms with Crippen LogP contribution in [0.4, 0.5) is 5.69 Å². The van der Waals surface area contributed by atoms with Crippen molar-refractivity contribution in [2.45, 2.75) is 216 Å². The smallest absolute Gasteiger partial charge is 0.267 e. The zero-order valence-corrected chi connectivity index (χ0v) is 65.7. The molecule has 105 heavy (non-hydrogen) atoms. The first-order chi connectivity index (χ1) is 50.4. The van der Waals surface area contributed by atoms with E-state index in [2.05, 4.69) is 32.1 Å². The van der Waals surface area contributed by atoms with E-state index in [0.29, 0.717) is 66.1 Å². The molecule has 1 saturated heterocycles. The van der Waals surface area contributed by atoms with Gasteiger partial charge in [-0.15, -0.1) is 0 Å². The van der Waals surface area contributed by atoms with Crippen molar-refractivity contribution in [1.29, 1.82) is 0 Å². The van der Waals surface area contributed by atoms with Crippen LogP contribution in [0.15, 0.2) is 84.9 Å². The number of thioether (sulfide) groups is 2. The van der Waals surface area contributed by atoms with Gasteiger partial charge in [-0.05, 0) is 119 Å². The van der Waals surface area contributed by atoms with Crippen molar-refractivity contribution < 1.29 is 62.1 Å². The topological polar surface area (TPSA) is 290 Å². The van der Waals surface area contributed by atoms with Gasteiger partial charge in [0.25, 0.3) is 11.8 Å². The summed E-state index contributed by atoms with van der Waals surface area (Å²) < 4.78 is 23.5. The van der Waals surface area contributed by atoms with Gasteiger partial charge >= 0.3 is 0 Å². The van der Waals surface area contributed by atoms with Gasteiger partial charge in [-0.25, -0.2) is 15.4 Å². The molecule has 8 amide bonds. The van der Waals surface area contributed by atoms with Crippen molar-refractivity contribution in [1.82, 2.24) is 51.4 Å². The summed E-state index contributed by atoms with van der Waals surface area (Å²) in [6, 6.07) is 18.2. The molecule has 24 nitrogen and oxygen atoms in total. The largest absolute Gasteiger partial charge is 0.379 e. The molecule has 2 aliphatic heterocycles. The molecule has 6 N–H and O–H groups in total. The zero-order chi connectivity index (χ0) is 76.1. The summed E-state index contributed by atoms with van der Waals surface area (Å²) in [7, 11) is 8.49. The van der Waals surface area contributed by atoms with Crippen molar-refractivity contribution in [3.8, 4) is 0 Å². The average molecular weight is 1490 g/mol. The molecule has 578 valence electrons. The predicted molar refractivity (Wildman–Crippen MR) is 413 cm³/mol. The third-order valence-electron chi connectivity index (χ3n) is 20.2. The van der Waals surface area contributed by atoms with Crippen LogP contribution in [-0.2, 0) is 81.9 Å². The second kappa shape index (κ2) is 43.7. The van der Waals surface area contributed by atoms with Crippen LogP contribution in [0.2, 0.25) is 0 Å². The first-order valence-corrected chi connectivity index (χ1v) is 39.7. The molecule has 1 aromatic heterocycles. The van der Waals surface area contributed by atoms with E-state index in [-0.39, 0.29) is 99.1 Å². The summed E-state index contributed by atoms with van der Waals surface area (Å²) in [5.41, 5.74) is 8.64. The number of hydrogen-bond donors (Lipinski definition) is 6. The first-order valence-electron chi connectivity index (χ1n) is 37.6. The molecule has 4 aromatic rings. The highest BCUT2D eigenvalue weighted by Gasteiger charge is 2.44. The molecule has 2 unspecified atom stereocenters. The van der Waals surface area contributed by atoms with Crippen LogP contribution in [0.1, 0.15) is 165 Å². The van der Waals surface area contributed by atoms with E-state index in [9.17, 15) is 38.4 Å². The van der Waals surface area contributed by atoms with Crippen LogP contribution in [-0.4, -0.2) is 206 Å². The number of rotatable bonds is 38. The number of likely N-dealkylation sites (tertiary alicyclic amines) is 1. The summed E-state index contributed by atoms with van der Waals surface area (Å²) in [4.78, 5) is 130. The fraction of sp³-hybridized carbons (Fsp3) is 0.620. The van der Waals surface area contributed by atoms with Crippen LogP contribution in [0.3, 0.4) is 0 Å². The average Bonchev–Trinajstić information content (AvgIpc) is 1.75. The van der Waals surface area contributed by atoms with E-state index in [1.807, 2.05) is 127 Å². The van der Waals surface area contributed by atoms with E-state index < -0.39 is 66.2 Å². The van der Waals surface area contributed by atoms with Crippen molar-refractivity contribution in [2.24, 2.45) is 23.7 Å². The van der Waals surface area contributed by atoms with Gasteiger partial charge in [-0.2, -0.15) is 23.5 Å². The fourth-order valence-corrected chi connectivity index (χ4v) is 16.9. The minimum Gasteiger partial charge on any atom is -0.379 e. The number of carbonyl (C=O) groups is 8. The molecule has 1 saturated carbocycles. The molecule has 3 heterocycles. The Hall–Kier alpha value is -7.04. The van der Waals surface area contributed by atoms with Crippen LogP contribution in [0, 0.1) is 23.7 Å². The van der Waals surface area contributed by atoms with Gasteiger partial charge in [-0.3, -0.25) is 48.1 Å². The highest BCUT2D eigenvalue weighted by atomic mass is 32.2. The number of methoxy groups -OCH3 is 2. The van der Waals surface area contributed by atoms with Gasteiger partial charge in [0.15, 0.2) is 0 Å². The van der Waals surface area contributed by atoms with Gasteiger partial charge < -0.3 is 55.3 Å². The Bertz CT molecular complexity index is 3470. The number of anilines is 1. The Kier molecular flexibility index (Phi) is 35.5. The van der Waals surface area contributed by atoms with Crippen LogP contribution >= 0.6 is 23.5 Å². The molecule has 0 spiro atoms. The van der Waals surface area contributed by atoms with E-state index in [4.69, 9.17) is 33.8 Å². The molecular weight excluding hydrogens is 1380 g/mol. The van der Waals surface area contributed by atoms with E-state index in [1.165, 1.54) is 58.1 Å². The Labute approximate surface area is 630 Å². The van der Waals surface area contributed by atoms with Crippen molar-refractivity contribution in [2.75, 3.05) is 80.2 Å². The minimum atomic E-state index is -0.846. The number of aromatic nitrogens is 2. The number of benzene rings is 3. The Balaban J connectivity index is 0.801. The van der Waals surface area contributed by atoms with Crippen molar-refractivity contribution in [3.63, 3.8) is 0 Å². The SMILES string of the molecule is CC[C@H](C)[C@@H]([C@@H](CC(=O)N1CCC[C@H]1[C@H](OC)[C@@H](C)C(=O)N[C@H](/C=C/C(=O)NOCc1ccc(NC(=O)[C@H](C)NC(=O)CCOCCOCCNC(=O)c2ccc3nc4c(nc3c2)CSC2CCCCCCC(C2)SC4)cc1)Cc1ccccc1)OC)N(C)C(=O)[C@@H](NC(=O)[C@H](C(C)C)N(C)C)C(C)C. The van der Waals surface area contributed by atoms with Crippen LogP contribution in [0.5, 0.6) is 0 Å². The Morgan fingerprint density at radius 2 is 1.36 bits per heavy atom. The second-order valence-electron chi connectivity index (χ2n) is 29.0. The number of fused-ring (bicyclic) bond motifs is 4. The molecule has 7 rings (SSSR count). The number of nitrogens with one attached hydrogen (secondary N) is 6. The maximum Gasteiger partial charge on any atom is 0.267 e. The number of ether oxygens (including phenoxy) is 4. The number of carbonyl (C=O) groups excluding carboxylic acids is 8. The molecule has 3 aromatic carbocycles. The Morgan fingerprint density at radius 3 is 1.99 bits per heavy atom. The van der Waals surface area contributed by atoms with Gasteiger partial charge in [0.1, 0.15) is 12.1 Å². The van der Waals surface area contributed by atoms with E-state index in [0.717, 1.165) is 39.5 Å².